The quantitative estimate of drug-likeness (QED) is 0.657. The van der Waals surface area contributed by atoms with Crippen LogP contribution in [-0.4, -0.2) is 23.9 Å². The number of nitro groups is 1. The highest BCUT2D eigenvalue weighted by Crippen LogP contribution is 2.28. The summed E-state index contributed by atoms with van der Waals surface area (Å²) < 4.78 is 0. The number of carbonyl (C=O) groups is 1. The van der Waals surface area contributed by atoms with Gasteiger partial charge in [0.2, 0.25) is 5.91 Å². The lowest BCUT2D eigenvalue weighted by Gasteiger charge is -2.14. The van der Waals surface area contributed by atoms with Gasteiger partial charge in [-0.2, -0.15) is 0 Å². The summed E-state index contributed by atoms with van der Waals surface area (Å²) in [6.45, 7) is 3.43. The van der Waals surface area contributed by atoms with E-state index in [9.17, 15) is 14.9 Å². The summed E-state index contributed by atoms with van der Waals surface area (Å²) in [5, 5.41) is 16.7. The Bertz CT molecular complexity index is 521. The van der Waals surface area contributed by atoms with E-state index in [1.807, 2.05) is 6.92 Å². The smallest absolute Gasteiger partial charge is 0.289 e. The third-order valence-electron chi connectivity index (χ3n) is 3.26. The number of nitro benzene ring substituents is 1. The van der Waals surface area contributed by atoms with Crippen LogP contribution >= 0.6 is 11.6 Å². The van der Waals surface area contributed by atoms with Gasteiger partial charge >= 0.3 is 0 Å². The van der Waals surface area contributed by atoms with E-state index in [-0.39, 0.29) is 28.5 Å². The number of hydrogen-bond donors (Lipinski definition) is 2. The number of hydrogen-bond acceptors (Lipinski definition) is 4. The number of halogens is 1. The van der Waals surface area contributed by atoms with Crippen LogP contribution in [-0.2, 0) is 4.79 Å². The van der Waals surface area contributed by atoms with Gasteiger partial charge in [-0.15, -0.1) is 0 Å². The largest absolute Gasteiger partial charge is 0.326 e. The fourth-order valence-electron chi connectivity index (χ4n) is 2.13. The lowest BCUT2D eigenvalue weighted by atomic mass is 9.97. The summed E-state index contributed by atoms with van der Waals surface area (Å²) in [6.07, 6.45) is 0. The second kappa shape index (κ2) is 5.54. The van der Waals surface area contributed by atoms with E-state index in [0.29, 0.717) is 12.2 Å². The minimum absolute atomic E-state index is 0.0545. The van der Waals surface area contributed by atoms with Crippen LogP contribution in [0.2, 0.25) is 5.02 Å². The Morgan fingerprint density at radius 2 is 2.26 bits per heavy atom. The molecule has 1 amide bonds. The van der Waals surface area contributed by atoms with Crippen LogP contribution in [0.3, 0.4) is 0 Å². The molecule has 102 valence electrons. The van der Waals surface area contributed by atoms with Crippen molar-refractivity contribution in [3.8, 4) is 0 Å². The Kier molecular flexibility index (Phi) is 4.01. The van der Waals surface area contributed by atoms with E-state index in [4.69, 9.17) is 11.6 Å². The molecule has 2 unspecified atom stereocenters. The molecule has 2 N–H and O–H groups in total. The van der Waals surface area contributed by atoms with Crippen LogP contribution in [0.25, 0.3) is 0 Å². The second-order valence-corrected chi connectivity index (χ2v) is 5.06. The number of nitrogens with one attached hydrogen (secondary N) is 2. The van der Waals surface area contributed by atoms with Gasteiger partial charge in [0.1, 0.15) is 5.02 Å². The maximum atomic E-state index is 12.0. The minimum atomic E-state index is -0.572. The predicted molar refractivity (Wildman–Crippen MR) is 72.3 cm³/mol. The zero-order valence-corrected chi connectivity index (χ0v) is 11.1. The predicted octanol–water partition coefficient (Wildman–Crippen LogP) is 2.04. The molecular formula is C12H14ClN3O3. The molecule has 0 aliphatic carbocycles. The van der Waals surface area contributed by atoms with Crippen LogP contribution in [0, 0.1) is 22.0 Å². The van der Waals surface area contributed by atoms with Crippen LogP contribution in [0.1, 0.15) is 6.92 Å². The third-order valence-corrected chi connectivity index (χ3v) is 3.58. The van der Waals surface area contributed by atoms with Gasteiger partial charge in [0.05, 0.1) is 10.8 Å². The van der Waals surface area contributed by atoms with Crippen molar-refractivity contribution in [2.45, 2.75) is 6.92 Å². The lowest BCUT2D eigenvalue weighted by Crippen LogP contribution is -2.27. The maximum Gasteiger partial charge on any atom is 0.289 e. The van der Waals surface area contributed by atoms with Gasteiger partial charge in [-0.05, 0) is 24.6 Å². The highest BCUT2D eigenvalue weighted by molar-refractivity contribution is 6.32. The van der Waals surface area contributed by atoms with Gasteiger partial charge in [0.25, 0.3) is 5.69 Å². The molecule has 0 saturated carbocycles. The molecule has 6 nitrogen and oxygen atoms in total. The number of rotatable bonds is 3. The Balaban J connectivity index is 2.13. The molecule has 1 heterocycles. The Labute approximate surface area is 115 Å². The highest BCUT2D eigenvalue weighted by atomic mass is 35.5. The van der Waals surface area contributed by atoms with Crippen molar-refractivity contribution < 1.29 is 9.72 Å². The van der Waals surface area contributed by atoms with Crippen molar-refractivity contribution in [1.82, 2.24) is 5.32 Å². The van der Waals surface area contributed by atoms with E-state index >= 15 is 0 Å². The molecule has 0 bridgehead atoms. The summed E-state index contributed by atoms with van der Waals surface area (Å²) in [5.41, 5.74) is 0.178. The van der Waals surface area contributed by atoms with Crippen molar-refractivity contribution in [3.05, 3.63) is 33.3 Å². The highest BCUT2D eigenvalue weighted by Gasteiger charge is 2.29. The standard InChI is InChI=1S/C12H14ClN3O3/c1-7-5-14-6-9(7)12(17)15-8-2-3-10(13)11(4-8)16(18)19/h2-4,7,9,14H,5-6H2,1H3,(H,15,17). The summed E-state index contributed by atoms with van der Waals surface area (Å²) in [7, 11) is 0. The average Bonchev–Trinajstić information content (AvgIpc) is 2.77. The first-order chi connectivity index (χ1) is 8.99. The molecule has 19 heavy (non-hydrogen) atoms. The molecule has 1 aliphatic heterocycles. The van der Waals surface area contributed by atoms with Gasteiger partial charge in [-0.3, -0.25) is 14.9 Å². The van der Waals surface area contributed by atoms with E-state index in [2.05, 4.69) is 10.6 Å². The van der Waals surface area contributed by atoms with Gasteiger partial charge in [-0.1, -0.05) is 18.5 Å². The molecule has 2 rings (SSSR count). The molecule has 1 saturated heterocycles. The molecule has 1 fully saturated rings. The van der Waals surface area contributed by atoms with Gasteiger partial charge in [-0.25, -0.2) is 0 Å². The monoisotopic (exact) mass is 283 g/mol. The zero-order chi connectivity index (χ0) is 14.0. The topological polar surface area (TPSA) is 84.3 Å². The maximum absolute atomic E-state index is 12.0. The second-order valence-electron chi connectivity index (χ2n) is 4.65. The fourth-order valence-corrected chi connectivity index (χ4v) is 2.31. The Morgan fingerprint density at radius 3 is 2.84 bits per heavy atom. The summed E-state index contributed by atoms with van der Waals surface area (Å²) in [6, 6.07) is 4.24. The number of anilines is 1. The normalized spacial score (nSPS) is 22.2. The Hall–Kier alpha value is -1.66. The van der Waals surface area contributed by atoms with Crippen molar-refractivity contribution in [2.24, 2.45) is 11.8 Å². The molecule has 2 atom stereocenters. The number of nitrogens with zero attached hydrogens (tertiary/aromatic N) is 1. The molecule has 0 radical (unpaired) electrons. The number of amides is 1. The van der Waals surface area contributed by atoms with Crippen molar-refractivity contribution in [3.63, 3.8) is 0 Å². The molecule has 1 aliphatic rings. The Morgan fingerprint density at radius 1 is 1.53 bits per heavy atom. The van der Waals surface area contributed by atoms with Crippen molar-refractivity contribution in [2.75, 3.05) is 18.4 Å². The third kappa shape index (κ3) is 3.02. The van der Waals surface area contributed by atoms with Crippen LogP contribution < -0.4 is 10.6 Å². The molecule has 0 aromatic heterocycles. The van der Waals surface area contributed by atoms with E-state index in [1.165, 1.54) is 12.1 Å². The number of benzene rings is 1. The van der Waals surface area contributed by atoms with Gasteiger partial charge < -0.3 is 10.6 Å². The summed E-state index contributed by atoms with van der Waals surface area (Å²) >= 11 is 5.71. The van der Waals surface area contributed by atoms with Gasteiger partial charge in [0.15, 0.2) is 0 Å². The molecule has 1 aromatic rings. The molecule has 1 aromatic carbocycles. The minimum Gasteiger partial charge on any atom is -0.326 e. The van der Waals surface area contributed by atoms with Gasteiger partial charge in [0, 0.05) is 18.3 Å². The first-order valence-corrected chi connectivity index (χ1v) is 6.32. The summed E-state index contributed by atoms with van der Waals surface area (Å²) in [4.78, 5) is 22.2. The van der Waals surface area contributed by atoms with Crippen LogP contribution in [0.4, 0.5) is 11.4 Å². The first-order valence-electron chi connectivity index (χ1n) is 5.94. The van der Waals surface area contributed by atoms with Crippen LogP contribution in [0.5, 0.6) is 0 Å². The van der Waals surface area contributed by atoms with Crippen LogP contribution in [0.15, 0.2) is 18.2 Å². The molecular weight excluding hydrogens is 270 g/mol. The molecule has 7 heteroatoms. The average molecular weight is 284 g/mol. The zero-order valence-electron chi connectivity index (χ0n) is 10.4. The lowest BCUT2D eigenvalue weighted by molar-refractivity contribution is -0.384. The van der Waals surface area contributed by atoms with E-state index < -0.39 is 4.92 Å². The molecule has 0 spiro atoms. The van der Waals surface area contributed by atoms with E-state index in [0.717, 1.165) is 6.54 Å². The first kappa shape index (κ1) is 13.8. The number of carbonyl (C=O) groups excluding carboxylic acids is 1. The SMILES string of the molecule is CC1CNCC1C(=O)Nc1ccc(Cl)c([N+](=O)[O-])c1. The van der Waals surface area contributed by atoms with E-state index in [1.54, 1.807) is 6.07 Å². The van der Waals surface area contributed by atoms with Crippen molar-refractivity contribution >= 4 is 28.9 Å². The summed E-state index contributed by atoms with van der Waals surface area (Å²) in [5.74, 6) is 0.00569. The fraction of sp³-hybridized carbons (Fsp3) is 0.417. The van der Waals surface area contributed by atoms with Crippen molar-refractivity contribution in [1.29, 1.82) is 0 Å².